The van der Waals surface area contributed by atoms with Gasteiger partial charge in [0.05, 0.1) is 17.6 Å². The van der Waals surface area contributed by atoms with Gasteiger partial charge in [-0.2, -0.15) is 5.10 Å². The van der Waals surface area contributed by atoms with Gasteiger partial charge in [0.25, 0.3) is 6.43 Å². The SMILES string of the molecule is Nc1cnn(-c2ccccc2)c1C(F)F. The molecule has 0 aliphatic carbocycles. The van der Waals surface area contributed by atoms with Crippen LogP contribution in [0.2, 0.25) is 0 Å². The molecule has 1 aromatic heterocycles. The largest absolute Gasteiger partial charge is 0.396 e. The molecule has 0 radical (unpaired) electrons. The first-order chi connectivity index (χ1) is 7.20. The molecule has 0 amide bonds. The van der Waals surface area contributed by atoms with Crippen LogP contribution in [-0.4, -0.2) is 9.78 Å². The number of benzene rings is 1. The fourth-order valence-corrected chi connectivity index (χ4v) is 1.36. The van der Waals surface area contributed by atoms with Gasteiger partial charge in [-0.3, -0.25) is 0 Å². The molecule has 0 aliphatic heterocycles. The van der Waals surface area contributed by atoms with Crippen LogP contribution in [0.1, 0.15) is 12.1 Å². The second kappa shape index (κ2) is 3.68. The van der Waals surface area contributed by atoms with Crippen LogP contribution in [0.5, 0.6) is 0 Å². The number of nitrogens with two attached hydrogens (primary N) is 1. The van der Waals surface area contributed by atoms with Crippen LogP contribution < -0.4 is 5.73 Å². The Bertz CT molecular complexity index is 451. The van der Waals surface area contributed by atoms with E-state index in [0.29, 0.717) is 5.69 Å². The predicted octanol–water partition coefficient (Wildman–Crippen LogP) is 2.39. The van der Waals surface area contributed by atoms with Gasteiger partial charge in [0.15, 0.2) is 0 Å². The lowest BCUT2D eigenvalue weighted by atomic mass is 10.3. The minimum Gasteiger partial charge on any atom is -0.396 e. The Balaban J connectivity index is 2.54. The number of para-hydroxylation sites is 1. The number of halogens is 2. The van der Waals surface area contributed by atoms with Crippen molar-refractivity contribution in [3.63, 3.8) is 0 Å². The molecule has 1 heterocycles. The van der Waals surface area contributed by atoms with Gasteiger partial charge in [0, 0.05) is 0 Å². The smallest absolute Gasteiger partial charge is 0.282 e. The molecule has 0 bridgehead atoms. The highest BCUT2D eigenvalue weighted by Gasteiger charge is 2.18. The number of rotatable bonds is 2. The Kier molecular flexibility index (Phi) is 2.37. The second-order valence-electron chi connectivity index (χ2n) is 3.03. The van der Waals surface area contributed by atoms with Crippen LogP contribution in [-0.2, 0) is 0 Å². The summed E-state index contributed by atoms with van der Waals surface area (Å²) in [5.41, 5.74) is 5.74. The molecule has 15 heavy (non-hydrogen) atoms. The van der Waals surface area contributed by atoms with Crippen molar-refractivity contribution in [3.05, 3.63) is 42.2 Å². The monoisotopic (exact) mass is 209 g/mol. The van der Waals surface area contributed by atoms with E-state index in [2.05, 4.69) is 5.10 Å². The average Bonchev–Trinajstić information content (AvgIpc) is 2.61. The van der Waals surface area contributed by atoms with Crippen molar-refractivity contribution in [3.8, 4) is 5.69 Å². The summed E-state index contributed by atoms with van der Waals surface area (Å²) in [5, 5.41) is 3.82. The highest BCUT2D eigenvalue weighted by molar-refractivity contribution is 5.46. The molecule has 1 aromatic carbocycles. The van der Waals surface area contributed by atoms with Crippen LogP contribution in [0.3, 0.4) is 0 Å². The molecule has 2 N–H and O–H groups in total. The average molecular weight is 209 g/mol. The fourth-order valence-electron chi connectivity index (χ4n) is 1.36. The topological polar surface area (TPSA) is 43.8 Å². The minimum atomic E-state index is -2.63. The summed E-state index contributed by atoms with van der Waals surface area (Å²) in [6, 6.07) is 8.69. The number of hydrogen-bond acceptors (Lipinski definition) is 2. The van der Waals surface area contributed by atoms with Gasteiger partial charge >= 0.3 is 0 Å². The third-order valence-electron chi connectivity index (χ3n) is 2.04. The molecule has 0 spiro atoms. The number of anilines is 1. The molecule has 2 rings (SSSR count). The standard InChI is InChI=1S/C10H9F2N3/c11-10(12)9-8(13)6-14-15(9)7-4-2-1-3-5-7/h1-6,10H,13H2. The molecule has 0 saturated heterocycles. The Labute approximate surface area is 85.1 Å². The summed E-state index contributed by atoms with van der Waals surface area (Å²) in [7, 11) is 0. The van der Waals surface area contributed by atoms with Crippen molar-refractivity contribution in [2.45, 2.75) is 6.43 Å². The molecule has 78 valence electrons. The van der Waals surface area contributed by atoms with E-state index < -0.39 is 6.43 Å². The maximum absolute atomic E-state index is 12.7. The number of aromatic nitrogens is 2. The van der Waals surface area contributed by atoms with E-state index in [1.54, 1.807) is 30.3 Å². The molecule has 2 aromatic rings. The first-order valence-electron chi connectivity index (χ1n) is 4.37. The second-order valence-corrected chi connectivity index (χ2v) is 3.03. The summed E-state index contributed by atoms with van der Waals surface area (Å²) in [6.07, 6.45) is -1.40. The highest BCUT2D eigenvalue weighted by Crippen LogP contribution is 2.26. The lowest BCUT2D eigenvalue weighted by Crippen LogP contribution is -2.03. The maximum atomic E-state index is 12.7. The van der Waals surface area contributed by atoms with Gasteiger partial charge in [-0.25, -0.2) is 13.5 Å². The Morgan fingerprint density at radius 2 is 1.87 bits per heavy atom. The highest BCUT2D eigenvalue weighted by atomic mass is 19.3. The van der Waals surface area contributed by atoms with Crippen molar-refractivity contribution in [2.75, 3.05) is 5.73 Å². The summed E-state index contributed by atoms with van der Waals surface area (Å²) in [6.45, 7) is 0. The van der Waals surface area contributed by atoms with Gasteiger partial charge in [0.1, 0.15) is 5.69 Å². The Morgan fingerprint density at radius 1 is 1.20 bits per heavy atom. The van der Waals surface area contributed by atoms with Crippen LogP contribution in [0.25, 0.3) is 5.69 Å². The van der Waals surface area contributed by atoms with Crippen molar-refractivity contribution in [1.29, 1.82) is 0 Å². The van der Waals surface area contributed by atoms with Crippen molar-refractivity contribution in [2.24, 2.45) is 0 Å². The van der Waals surface area contributed by atoms with Crippen LogP contribution >= 0.6 is 0 Å². The van der Waals surface area contributed by atoms with Crippen molar-refractivity contribution >= 4 is 5.69 Å². The van der Waals surface area contributed by atoms with Crippen LogP contribution in [0, 0.1) is 0 Å². The van der Waals surface area contributed by atoms with Gasteiger partial charge < -0.3 is 5.73 Å². The lowest BCUT2D eigenvalue weighted by Gasteiger charge is -2.06. The van der Waals surface area contributed by atoms with Crippen molar-refractivity contribution < 1.29 is 8.78 Å². The van der Waals surface area contributed by atoms with E-state index in [1.807, 2.05) is 0 Å². The fraction of sp³-hybridized carbons (Fsp3) is 0.100. The molecule has 3 nitrogen and oxygen atoms in total. The van der Waals surface area contributed by atoms with E-state index in [0.717, 1.165) is 4.68 Å². The predicted molar refractivity (Wildman–Crippen MR) is 52.9 cm³/mol. The third kappa shape index (κ3) is 1.68. The summed E-state index contributed by atoms with van der Waals surface area (Å²) in [5.74, 6) is 0. The molecule has 0 fully saturated rings. The van der Waals surface area contributed by atoms with Gasteiger partial charge in [-0.1, -0.05) is 18.2 Å². The first-order valence-corrected chi connectivity index (χ1v) is 4.37. The van der Waals surface area contributed by atoms with E-state index in [-0.39, 0.29) is 11.4 Å². The summed E-state index contributed by atoms with van der Waals surface area (Å²) >= 11 is 0. The molecule has 0 aliphatic rings. The van der Waals surface area contributed by atoms with E-state index in [9.17, 15) is 8.78 Å². The summed E-state index contributed by atoms with van der Waals surface area (Å²) < 4.78 is 26.5. The third-order valence-corrected chi connectivity index (χ3v) is 2.04. The zero-order valence-corrected chi connectivity index (χ0v) is 7.77. The number of hydrogen-bond donors (Lipinski definition) is 1. The first kappa shape index (κ1) is 9.64. The van der Waals surface area contributed by atoms with Crippen molar-refractivity contribution in [1.82, 2.24) is 9.78 Å². The molecule has 0 unspecified atom stereocenters. The zero-order valence-electron chi connectivity index (χ0n) is 7.77. The lowest BCUT2D eigenvalue weighted by molar-refractivity contribution is 0.143. The number of alkyl halides is 2. The molecule has 0 saturated carbocycles. The number of nitrogen functional groups attached to an aromatic ring is 1. The van der Waals surface area contributed by atoms with Gasteiger partial charge in [-0.15, -0.1) is 0 Å². The zero-order chi connectivity index (χ0) is 10.8. The van der Waals surface area contributed by atoms with E-state index >= 15 is 0 Å². The quantitative estimate of drug-likeness (QED) is 0.825. The Morgan fingerprint density at radius 3 is 2.47 bits per heavy atom. The maximum Gasteiger partial charge on any atom is 0.282 e. The summed E-state index contributed by atoms with van der Waals surface area (Å²) in [4.78, 5) is 0. The molecular formula is C10H9F2N3. The van der Waals surface area contributed by atoms with Crippen LogP contribution in [0.4, 0.5) is 14.5 Å². The minimum absolute atomic E-state index is 0.00820. The molecule has 5 heteroatoms. The van der Waals surface area contributed by atoms with Gasteiger partial charge in [-0.05, 0) is 12.1 Å². The Hall–Kier alpha value is -1.91. The molecule has 0 atom stereocenters. The molecular weight excluding hydrogens is 200 g/mol. The van der Waals surface area contributed by atoms with E-state index in [4.69, 9.17) is 5.73 Å². The van der Waals surface area contributed by atoms with Gasteiger partial charge in [0.2, 0.25) is 0 Å². The van der Waals surface area contributed by atoms with Crippen LogP contribution in [0.15, 0.2) is 36.5 Å². The normalized spacial score (nSPS) is 10.9. The number of nitrogens with zero attached hydrogens (tertiary/aromatic N) is 2. The van der Waals surface area contributed by atoms with E-state index in [1.165, 1.54) is 6.20 Å².